The van der Waals surface area contributed by atoms with Crippen LogP contribution in [0.15, 0.2) is 24.5 Å². The van der Waals surface area contributed by atoms with Crippen LogP contribution in [0.4, 0.5) is 15.9 Å². The van der Waals surface area contributed by atoms with Gasteiger partial charge in [0, 0.05) is 37.5 Å². The summed E-state index contributed by atoms with van der Waals surface area (Å²) in [5.74, 6) is 2.85. The summed E-state index contributed by atoms with van der Waals surface area (Å²) in [6.07, 6.45) is 6.79. The molecule has 9 nitrogen and oxygen atoms in total. The van der Waals surface area contributed by atoms with E-state index in [2.05, 4.69) is 35.5 Å². The molecular weight excluding hydrogens is 435 g/mol. The number of ether oxygens (including phenoxy) is 1. The topological polar surface area (TPSA) is 104 Å². The number of nitrogens with zero attached hydrogens (tertiary/aromatic N) is 5. The number of halogens is 1. The highest BCUT2D eigenvalue weighted by Gasteiger charge is 2.37. The highest BCUT2D eigenvalue weighted by Crippen LogP contribution is 2.40. The first-order valence-corrected chi connectivity index (χ1v) is 11.8. The summed E-state index contributed by atoms with van der Waals surface area (Å²) in [6, 6.07) is 3.67. The molecule has 3 aliphatic rings. The molecule has 2 saturated heterocycles. The quantitative estimate of drug-likeness (QED) is 0.416. The van der Waals surface area contributed by atoms with E-state index < -0.39 is 0 Å². The number of anilines is 2. The van der Waals surface area contributed by atoms with Gasteiger partial charge in [0.1, 0.15) is 23.1 Å². The van der Waals surface area contributed by atoms with E-state index in [1.807, 2.05) is 0 Å². The molecule has 0 bridgehead atoms. The third-order valence-corrected chi connectivity index (χ3v) is 7.22. The minimum absolute atomic E-state index is 0.216. The van der Waals surface area contributed by atoms with Crippen molar-refractivity contribution in [2.45, 2.75) is 31.2 Å². The molecule has 0 radical (unpaired) electrons. The number of aromatic amines is 1. The van der Waals surface area contributed by atoms with Crippen LogP contribution in [0.2, 0.25) is 0 Å². The van der Waals surface area contributed by atoms with Crippen molar-refractivity contribution in [1.29, 1.82) is 0 Å². The second kappa shape index (κ2) is 7.49. The average molecular weight is 461 g/mol. The summed E-state index contributed by atoms with van der Waals surface area (Å²) < 4.78 is 20.5. The Hall–Kier alpha value is -3.53. The van der Waals surface area contributed by atoms with Gasteiger partial charge in [-0.05, 0) is 43.9 Å². The lowest BCUT2D eigenvalue weighted by Gasteiger charge is -2.20. The Morgan fingerprint density at radius 1 is 1.12 bits per heavy atom. The Bertz CT molecular complexity index is 1390. The fourth-order valence-electron chi connectivity index (χ4n) is 5.35. The van der Waals surface area contributed by atoms with Gasteiger partial charge in [0.25, 0.3) is 0 Å². The summed E-state index contributed by atoms with van der Waals surface area (Å²) in [5, 5.41) is 8.22. The van der Waals surface area contributed by atoms with Gasteiger partial charge in [-0.25, -0.2) is 14.4 Å². The predicted octanol–water partition coefficient (Wildman–Crippen LogP) is 3.55. The van der Waals surface area contributed by atoms with Crippen molar-refractivity contribution in [3.63, 3.8) is 0 Å². The van der Waals surface area contributed by atoms with Gasteiger partial charge in [-0.2, -0.15) is 9.97 Å². The van der Waals surface area contributed by atoms with Crippen LogP contribution in [0.5, 0.6) is 11.8 Å². The third kappa shape index (κ3) is 3.24. The molecule has 174 valence electrons. The summed E-state index contributed by atoms with van der Waals surface area (Å²) in [5.41, 5.74) is 2.07. The Morgan fingerprint density at radius 2 is 1.97 bits per heavy atom. The zero-order valence-electron chi connectivity index (χ0n) is 18.8. The first kappa shape index (κ1) is 19.9. The van der Waals surface area contributed by atoms with E-state index in [0.29, 0.717) is 35.0 Å². The van der Waals surface area contributed by atoms with E-state index in [9.17, 15) is 4.39 Å². The number of fused-ring (bicyclic) bond motifs is 4. The van der Waals surface area contributed by atoms with E-state index in [-0.39, 0.29) is 11.8 Å². The maximum atomic E-state index is 14.5. The Balaban J connectivity index is 1.35. The van der Waals surface area contributed by atoms with E-state index in [1.54, 1.807) is 25.5 Å². The molecule has 3 N–H and O–H groups in total. The van der Waals surface area contributed by atoms with Crippen LogP contribution in [0, 0.1) is 11.7 Å². The van der Waals surface area contributed by atoms with Crippen molar-refractivity contribution < 1.29 is 9.13 Å². The van der Waals surface area contributed by atoms with Gasteiger partial charge in [0.15, 0.2) is 5.75 Å². The van der Waals surface area contributed by atoms with Crippen LogP contribution in [0.1, 0.15) is 31.0 Å². The fraction of sp³-hybridized carbons (Fsp3) is 0.417. The van der Waals surface area contributed by atoms with E-state index in [1.165, 1.54) is 6.07 Å². The number of aromatic nitrogens is 5. The normalized spacial score (nSPS) is 22.0. The second-order valence-corrected chi connectivity index (χ2v) is 9.47. The molecule has 3 fully saturated rings. The molecule has 2 aliphatic heterocycles. The fourth-order valence-corrected chi connectivity index (χ4v) is 5.35. The maximum Gasteiger partial charge on any atom is 0.326 e. The zero-order chi connectivity index (χ0) is 22.8. The molecule has 7 rings (SSSR count). The lowest BCUT2D eigenvalue weighted by molar-refractivity contribution is 0.439. The van der Waals surface area contributed by atoms with Gasteiger partial charge in [0.2, 0.25) is 0 Å². The summed E-state index contributed by atoms with van der Waals surface area (Å²) >= 11 is 0. The number of hydrogen-bond donors (Lipinski definition) is 3. The number of H-pyrrole nitrogens is 1. The van der Waals surface area contributed by atoms with Crippen molar-refractivity contribution in [2.24, 2.45) is 5.92 Å². The first-order valence-electron chi connectivity index (χ1n) is 11.8. The van der Waals surface area contributed by atoms with E-state index in [4.69, 9.17) is 9.72 Å². The minimum Gasteiger partial charge on any atom is -0.421 e. The molecule has 5 heterocycles. The molecule has 1 aliphatic carbocycles. The van der Waals surface area contributed by atoms with Crippen molar-refractivity contribution in [3.05, 3.63) is 36.2 Å². The van der Waals surface area contributed by atoms with Gasteiger partial charge in [-0.1, -0.05) is 0 Å². The third-order valence-electron chi connectivity index (χ3n) is 7.22. The van der Waals surface area contributed by atoms with Crippen LogP contribution < -0.4 is 20.3 Å². The number of benzene rings is 1. The lowest BCUT2D eigenvalue weighted by Crippen LogP contribution is -2.30. The van der Waals surface area contributed by atoms with Gasteiger partial charge >= 0.3 is 6.01 Å². The molecule has 10 heteroatoms. The van der Waals surface area contributed by atoms with Crippen LogP contribution >= 0.6 is 0 Å². The highest BCUT2D eigenvalue weighted by atomic mass is 19.1. The van der Waals surface area contributed by atoms with Crippen molar-refractivity contribution >= 4 is 33.4 Å². The SMILES string of the molecule is CNc1cc(F)cc2c1[nH]c1nc(Oc3cnc(C4CC4)nc3)nc(N3CC4CCNC4C3)c12. The predicted molar refractivity (Wildman–Crippen MR) is 127 cm³/mol. The molecule has 2 atom stereocenters. The molecule has 1 aromatic carbocycles. The largest absolute Gasteiger partial charge is 0.421 e. The maximum absolute atomic E-state index is 14.5. The first-order chi connectivity index (χ1) is 16.7. The van der Waals surface area contributed by atoms with Gasteiger partial charge in [-0.3, -0.25) is 0 Å². The second-order valence-electron chi connectivity index (χ2n) is 9.47. The van der Waals surface area contributed by atoms with Crippen molar-refractivity contribution in [1.82, 2.24) is 30.2 Å². The van der Waals surface area contributed by atoms with Crippen molar-refractivity contribution in [2.75, 3.05) is 36.9 Å². The lowest BCUT2D eigenvalue weighted by atomic mass is 10.1. The number of hydrogen-bond acceptors (Lipinski definition) is 8. The number of nitrogens with one attached hydrogen (secondary N) is 3. The van der Waals surface area contributed by atoms with Gasteiger partial charge < -0.3 is 25.3 Å². The Labute approximate surface area is 195 Å². The van der Waals surface area contributed by atoms with Gasteiger partial charge in [0.05, 0.1) is 29.0 Å². The average Bonchev–Trinajstić information content (AvgIpc) is 3.29. The van der Waals surface area contributed by atoms with Crippen LogP contribution in [-0.4, -0.2) is 57.6 Å². The van der Waals surface area contributed by atoms with E-state index in [0.717, 1.165) is 66.8 Å². The minimum atomic E-state index is -0.308. The molecule has 2 unspecified atom stereocenters. The Kier molecular flexibility index (Phi) is 4.38. The smallest absolute Gasteiger partial charge is 0.326 e. The standard InChI is InChI=1S/C24H25FN8O/c1-26-17-7-14(25)6-16-19-22(30-20(16)17)31-24(34-15-8-28-21(29-9-15)12-2-3-12)32-23(19)33-10-13-4-5-27-18(13)11-33/h6-9,12-13,18,26-27H,2-5,10-11H2,1H3,(H,30,31,32). The summed E-state index contributed by atoms with van der Waals surface area (Å²) in [7, 11) is 1.78. The molecule has 4 aromatic rings. The van der Waals surface area contributed by atoms with Crippen LogP contribution in [0.25, 0.3) is 21.9 Å². The molecule has 1 saturated carbocycles. The van der Waals surface area contributed by atoms with Crippen LogP contribution in [-0.2, 0) is 0 Å². The molecule has 0 spiro atoms. The van der Waals surface area contributed by atoms with E-state index >= 15 is 0 Å². The van der Waals surface area contributed by atoms with Gasteiger partial charge in [-0.15, -0.1) is 0 Å². The summed E-state index contributed by atoms with van der Waals surface area (Å²) in [4.78, 5) is 24.0. The number of rotatable bonds is 5. The zero-order valence-corrected chi connectivity index (χ0v) is 18.8. The highest BCUT2D eigenvalue weighted by molar-refractivity contribution is 6.14. The molecule has 34 heavy (non-hydrogen) atoms. The Morgan fingerprint density at radius 3 is 2.74 bits per heavy atom. The molecule has 3 aromatic heterocycles. The monoisotopic (exact) mass is 460 g/mol. The van der Waals surface area contributed by atoms with Crippen LogP contribution in [0.3, 0.4) is 0 Å². The molecule has 0 amide bonds. The molecular formula is C24H25FN8O. The van der Waals surface area contributed by atoms with Crippen molar-refractivity contribution in [3.8, 4) is 11.8 Å². The summed E-state index contributed by atoms with van der Waals surface area (Å²) in [6.45, 7) is 2.79.